The van der Waals surface area contributed by atoms with Crippen molar-refractivity contribution in [2.24, 2.45) is 17.8 Å². The Bertz CT molecular complexity index is 2330. The van der Waals surface area contributed by atoms with Gasteiger partial charge in [-0.2, -0.15) is 52.7 Å². The van der Waals surface area contributed by atoms with Crippen molar-refractivity contribution in [1.29, 1.82) is 0 Å². The molecule has 4 saturated carbocycles. The zero-order chi connectivity index (χ0) is 40.4. The number of nitrogens with zero attached hydrogens (tertiary/aromatic N) is 1. The van der Waals surface area contributed by atoms with Gasteiger partial charge in [-0.15, -0.1) is 0 Å². The Balaban J connectivity index is 1.30. The van der Waals surface area contributed by atoms with Gasteiger partial charge in [0.25, 0.3) is 0 Å². The average molecular weight is 802 g/mol. The van der Waals surface area contributed by atoms with Crippen LogP contribution in [0.1, 0.15) is 66.3 Å². The van der Waals surface area contributed by atoms with Gasteiger partial charge in [-0.25, -0.2) is 0 Å². The van der Waals surface area contributed by atoms with Crippen LogP contribution in [0.4, 0.5) is 52.7 Å². The van der Waals surface area contributed by atoms with Crippen LogP contribution in [0.15, 0.2) is 97.1 Å². The van der Waals surface area contributed by atoms with E-state index < -0.39 is 47.0 Å². The number of rotatable bonds is 4. The molecule has 0 aliphatic heterocycles. The van der Waals surface area contributed by atoms with E-state index in [0.29, 0.717) is 63.8 Å². The molecule has 0 amide bonds. The number of benzene rings is 5. The second-order valence-electron chi connectivity index (χ2n) is 16.1. The Labute approximate surface area is 317 Å². The van der Waals surface area contributed by atoms with Gasteiger partial charge in [0.05, 0.1) is 33.3 Å². The summed E-state index contributed by atoms with van der Waals surface area (Å²) in [5.74, 6) is 1.74. The highest BCUT2D eigenvalue weighted by Crippen LogP contribution is 2.61. The minimum atomic E-state index is -5.10. The van der Waals surface area contributed by atoms with Gasteiger partial charge in [0.1, 0.15) is 0 Å². The molecule has 0 radical (unpaired) electrons. The quantitative estimate of drug-likeness (QED) is 0.157. The maximum absolute atomic E-state index is 13.9. The van der Waals surface area contributed by atoms with Crippen LogP contribution in [0.25, 0.3) is 49.7 Å². The van der Waals surface area contributed by atoms with Crippen molar-refractivity contribution in [2.45, 2.75) is 68.6 Å². The Kier molecular flexibility index (Phi) is 8.27. The average Bonchev–Trinajstić information content (AvgIpc) is 3.45. The minimum Gasteiger partial charge on any atom is -0.309 e. The Morgan fingerprint density at radius 3 is 1.16 bits per heavy atom. The number of fused-ring (bicyclic) bond motifs is 3. The Morgan fingerprint density at radius 2 is 0.789 bits per heavy atom. The van der Waals surface area contributed by atoms with Crippen molar-refractivity contribution in [1.82, 2.24) is 4.57 Å². The van der Waals surface area contributed by atoms with Gasteiger partial charge in [0.2, 0.25) is 0 Å². The second kappa shape index (κ2) is 12.5. The third-order valence-corrected chi connectivity index (χ3v) is 12.4. The summed E-state index contributed by atoms with van der Waals surface area (Å²) in [7, 11) is 0. The fourth-order valence-electron chi connectivity index (χ4n) is 10.4. The first-order valence-corrected chi connectivity index (χ1v) is 18.4. The molecule has 1 nitrogen and oxygen atoms in total. The first-order valence-electron chi connectivity index (χ1n) is 18.4. The van der Waals surface area contributed by atoms with E-state index in [-0.39, 0.29) is 39.8 Å². The summed E-state index contributed by atoms with van der Waals surface area (Å²) in [6.45, 7) is 0. The number of hydrogen-bond donors (Lipinski definition) is 0. The Hall–Kier alpha value is -4.94. The predicted octanol–water partition coefficient (Wildman–Crippen LogP) is 14.7. The van der Waals surface area contributed by atoms with Gasteiger partial charge in [-0.1, -0.05) is 30.3 Å². The number of halogens is 12. The fraction of sp³-hybridized carbons (Fsp3) is 0.318. The maximum Gasteiger partial charge on any atom is 0.416 e. The van der Waals surface area contributed by atoms with Crippen LogP contribution < -0.4 is 0 Å². The minimum absolute atomic E-state index is 0.00338. The molecule has 13 heteroatoms. The molecule has 57 heavy (non-hydrogen) atoms. The van der Waals surface area contributed by atoms with Gasteiger partial charge in [0.15, 0.2) is 0 Å². The molecule has 0 spiro atoms. The predicted molar refractivity (Wildman–Crippen MR) is 192 cm³/mol. The molecule has 4 fully saturated rings. The number of alkyl halides is 12. The van der Waals surface area contributed by atoms with Gasteiger partial charge < -0.3 is 4.57 Å². The van der Waals surface area contributed by atoms with E-state index in [0.717, 1.165) is 30.5 Å². The summed E-state index contributed by atoms with van der Waals surface area (Å²) < 4.78 is 169. The summed E-state index contributed by atoms with van der Waals surface area (Å²) in [6.07, 6.45) is -13.9. The SMILES string of the molecule is FC(F)(F)c1cc(-c2ccc3c(c2)c2cc(-c4cc(C(F)(F)F)cc(C(F)(F)F)c4)ccc2n3-c2ccccc2C23CC4CC(CC(C4)C2)C3)cc(C(F)(F)F)c1. The number of hydrogen-bond acceptors (Lipinski definition) is 0. The van der Waals surface area contributed by atoms with Crippen molar-refractivity contribution in [3.8, 4) is 27.9 Å². The van der Waals surface area contributed by atoms with Crippen LogP contribution >= 0.6 is 0 Å². The molecule has 296 valence electrons. The highest BCUT2D eigenvalue weighted by Gasteiger charge is 2.52. The number of aromatic nitrogens is 1. The van der Waals surface area contributed by atoms with Gasteiger partial charge >= 0.3 is 24.7 Å². The van der Waals surface area contributed by atoms with Crippen molar-refractivity contribution in [3.63, 3.8) is 0 Å². The molecule has 0 atom stereocenters. The molecular weight excluding hydrogens is 770 g/mol. The standard InChI is InChI=1S/C44H31F12N/c45-41(46,47)30-12-28(13-31(18-30)42(48,49)50)26-5-7-37-34(16-26)35-17-27(29-14-32(43(51,52)53)19-33(15-29)44(54,55)56)6-8-38(35)57(37)39-4-2-1-3-36(39)40-20-23-9-24(21-40)11-25(10-23)22-40/h1-8,12-19,23-25H,9-11,20-22H2. The normalized spacial score (nSPS) is 22.6. The molecule has 5 aromatic carbocycles. The van der Waals surface area contributed by atoms with Crippen LogP contribution in [-0.4, -0.2) is 4.57 Å². The monoisotopic (exact) mass is 801 g/mol. The topological polar surface area (TPSA) is 4.93 Å². The molecule has 4 bridgehead atoms. The lowest BCUT2D eigenvalue weighted by Gasteiger charge is -2.57. The number of para-hydroxylation sites is 1. The van der Waals surface area contributed by atoms with Crippen molar-refractivity contribution in [3.05, 3.63) is 125 Å². The smallest absolute Gasteiger partial charge is 0.309 e. The second-order valence-corrected chi connectivity index (χ2v) is 16.1. The Morgan fingerprint density at radius 1 is 0.421 bits per heavy atom. The molecule has 0 N–H and O–H groups in total. The first-order chi connectivity index (χ1) is 26.7. The van der Waals surface area contributed by atoms with Gasteiger partial charge in [-0.3, -0.25) is 0 Å². The molecule has 10 rings (SSSR count). The van der Waals surface area contributed by atoms with E-state index in [1.807, 2.05) is 22.8 Å². The summed E-state index contributed by atoms with van der Waals surface area (Å²) in [4.78, 5) is 0. The van der Waals surface area contributed by atoms with E-state index in [9.17, 15) is 52.7 Å². The van der Waals surface area contributed by atoms with E-state index in [2.05, 4.69) is 6.07 Å². The van der Waals surface area contributed by atoms with Gasteiger partial charge in [-0.05, 0) is 156 Å². The van der Waals surface area contributed by atoms with Crippen LogP contribution in [0.5, 0.6) is 0 Å². The lowest BCUT2D eigenvalue weighted by molar-refractivity contribution is -0.144. The maximum atomic E-state index is 13.9. The molecule has 4 aliphatic rings. The van der Waals surface area contributed by atoms with Gasteiger partial charge in [0, 0.05) is 16.5 Å². The molecular formula is C44H31F12N. The molecule has 1 aromatic heterocycles. The largest absolute Gasteiger partial charge is 0.416 e. The summed E-state index contributed by atoms with van der Waals surface area (Å²) in [6, 6.07) is 19.2. The van der Waals surface area contributed by atoms with E-state index in [4.69, 9.17) is 0 Å². The van der Waals surface area contributed by atoms with Crippen LogP contribution in [-0.2, 0) is 30.1 Å². The van der Waals surface area contributed by atoms with Crippen LogP contribution in [0, 0.1) is 17.8 Å². The zero-order valence-electron chi connectivity index (χ0n) is 29.7. The fourth-order valence-corrected chi connectivity index (χ4v) is 10.4. The van der Waals surface area contributed by atoms with E-state index in [1.165, 1.54) is 43.5 Å². The third kappa shape index (κ3) is 6.54. The highest BCUT2D eigenvalue weighted by molar-refractivity contribution is 6.11. The van der Waals surface area contributed by atoms with E-state index in [1.54, 1.807) is 12.1 Å². The van der Waals surface area contributed by atoms with Crippen molar-refractivity contribution < 1.29 is 52.7 Å². The molecule has 1 heterocycles. The molecule has 0 saturated heterocycles. The molecule has 0 unspecified atom stereocenters. The van der Waals surface area contributed by atoms with Crippen molar-refractivity contribution >= 4 is 21.8 Å². The molecule has 6 aromatic rings. The molecule has 4 aliphatic carbocycles. The van der Waals surface area contributed by atoms with E-state index >= 15 is 0 Å². The van der Waals surface area contributed by atoms with Crippen LogP contribution in [0.2, 0.25) is 0 Å². The lowest BCUT2D eigenvalue weighted by atomic mass is 9.48. The van der Waals surface area contributed by atoms with Crippen molar-refractivity contribution in [2.75, 3.05) is 0 Å². The summed E-state index contributed by atoms with van der Waals surface area (Å²) >= 11 is 0. The summed E-state index contributed by atoms with van der Waals surface area (Å²) in [5.41, 5.74) is -4.02. The first kappa shape index (κ1) is 37.6. The lowest BCUT2D eigenvalue weighted by Crippen LogP contribution is -2.48. The third-order valence-electron chi connectivity index (χ3n) is 12.4. The zero-order valence-corrected chi connectivity index (χ0v) is 29.7. The van der Waals surface area contributed by atoms with Crippen LogP contribution in [0.3, 0.4) is 0 Å². The summed E-state index contributed by atoms with van der Waals surface area (Å²) in [5, 5.41) is 0.664. The highest BCUT2D eigenvalue weighted by atomic mass is 19.4.